The van der Waals surface area contributed by atoms with Crippen LogP contribution in [-0.4, -0.2) is 37.0 Å². The minimum absolute atomic E-state index is 0. The minimum atomic E-state index is -0.0339. The van der Waals surface area contributed by atoms with Crippen LogP contribution in [0.1, 0.15) is 53.7 Å². The number of carbonyl (C=O) groups excluding carboxylic acids is 1. The van der Waals surface area contributed by atoms with Crippen molar-refractivity contribution < 1.29 is 9.53 Å². The van der Waals surface area contributed by atoms with E-state index in [0.29, 0.717) is 18.7 Å². The molecule has 5 heteroatoms. The number of amides is 1. The highest BCUT2D eigenvalue weighted by molar-refractivity contribution is 5.94. The van der Waals surface area contributed by atoms with Gasteiger partial charge >= 0.3 is 0 Å². The van der Waals surface area contributed by atoms with Gasteiger partial charge in [-0.15, -0.1) is 12.4 Å². The van der Waals surface area contributed by atoms with Crippen LogP contribution in [0.2, 0.25) is 0 Å². The number of nitrogens with one attached hydrogen (secondary N) is 1. The number of likely N-dealkylation sites (tertiary alicyclic amines) is 1. The SMILES string of the molecule is CCCOc1ccc(C(=O)NCC(c2ccc(C)cc2)N2CCCC2)cc1.Cl. The lowest BCUT2D eigenvalue weighted by molar-refractivity contribution is 0.0938. The summed E-state index contributed by atoms with van der Waals surface area (Å²) in [6.45, 7) is 7.68. The Morgan fingerprint density at radius 2 is 1.71 bits per heavy atom. The number of rotatable bonds is 8. The van der Waals surface area contributed by atoms with Crippen molar-refractivity contribution in [1.29, 1.82) is 0 Å². The summed E-state index contributed by atoms with van der Waals surface area (Å²) >= 11 is 0. The fourth-order valence-corrected chi connectivity index (χ4v) is 3.51. The molecule has 152 valence electrons. The van der Waals surface area contributed by atoms with Crippen LogP contribution in [0, 0.1) is 6.92 Å². The average Bonchev–Trinajstić information content (AvgIpc) is 3.22. The van der Waals surface area contributed by atoms with Gasteiger partial charge in [-0.25, -0.2) is 0 Å². The number of carbonyl (C=O) groups is 1. The third-order valence-electron chi connectivity index (χ3n) is 5.09. The third-order valence-corrected chi connectivity index (χ3v) is 5.09. The van der Waals surface area contributed by atoms with Gasteiger partial charge in [-0.3, -0.25) is 9.69 Å². The lowest BCUT2D eigenvalue weighted by atomic mass is 10.0. The zero-order valence-corrected chi connectivity index (χ0v) is 17.6. The smallest absolute Gasteiger partial charge is 0.251 e. The van der Waals surface area contributed by atoms with E-state index in [1.54, 1.807) is 0 Å². The lowest BCUT2D eigenvalue weighted by Crippen LogP contribution is -2.36. The van der Waals surface area contributed by atoms with E-state index in [1.807, 2.05) is 24.3 Å². The highest BCUT2D eigenvalue weighted by Gasteiger charge is 2.24. The van der Waals surface area contributed by atoms with Gasteiger partial charge < -0.3 is 10.1 Å². The molecule has 1 amide bonds. The molecule has 0 spiro atoms. The molecule has 1 N–H and O–H groups in total. The van der Waals surface area contributed by atoms with Crippen molar-refractivity contribution in [3.05, 3.63) is 65.2 Å². The maximum atomic E-state index is 12.6. The van der Waals surface area contributed by atoms with Gasteiger partial charge in [-0.1, -0.05) is 36.8 Å². The van der Waals surface area contributed by atoms with Gasteiger partial charge in [0.1, 0.15) is 5.75 Å². The molecular weight excluding hydrogens is 372 g/mol. The van der Waals surface area contributed by atoms with Crippen LogP contribution in [0.4, 0.5) is 0 Å². The number of halogens is 1. The van der Waals surface area contributed by atoms with Crippen molar-refractivity contribution >= 4 is 18.3 Å². The molecule has 0 aliphatic carbocycles. The molecule has 1 saturated heterocycles. The Hall–Kier alpha value is -2.04. The minimum Gasteiger partial charge on any atom is -0.494 e. The zero-order chi connectivity index (χ0) is 19.1. The van der Waals surface area contributed by atoms with Gasteiger partial charge in [-0.05, 0) is 69.1 Å². The second kappa shape index (κ2) is 11.1. The van der Waals surface area contributed by atoms with Crippen LogP contribution < -0.4 is 10.1 Å². The quantitative estimate of drug-likeness (QED) is 0.691. The fraction of sp³-hybridized carbons (Fsp3) is 0.435. The topological polar surface area (TPSA) is 41.6 Å². The van der Waals surface area contributed by atoms with Gasteiger partial charge in [0.15, 0.2) is 0 Å². The number of aryl methyl sites for hydroxylation is 1. The Balaban J connectivity index is 0.00000280. The molecule has 2 aromatic carbocycles. The number of hydrogen-bond acceptors (Lipinski definition) is 3. The van der Waals surface area contributed by atoms with E-state index in [0.717, 1.165) is 25.3 Å². The predicted octanol–water partition coefficient (Wildman–Crippen LogP) is 4.77. The molecule has 0 bridgehead atoms. The van der Waals surface area contributed by atoms with Gasteiger partial charge in [0.2, 0.25) is 0 Å². The van der Waals surface area contributed by atoms with Crippen LogP contribution in [0.3, 0.4) is 0 Å². The van der Waals surface area contributed by atoms with E-state index < -0.39 is 0 Å². The highest BCUT2D eigenvalue weighted by atomic mass is 35.5. The first kappa shape index (κ1) is 22.3. The standard InChI is InChI=1S/C23H30N2O2.ClH/c1-3-16-27-21-12-10-20(11-13-21)23(26)24-17-22(25-14-4-5-15-25)19-8-6-18(2)7-9-19;/h6-13,22H,3-5,14-17H2,1-2H3,(H,24,26);1H. The fourth-order valence-electron chi connectivity index (χ4n) is 3.51. The molecule has 1 aliphatic heterocycles. The first-order valence-electron chi connectivity index (χ1n) is 9.99. The number of hydrogen-bond donors (Lipinski definition) is 1. The van der Waals surface area contributed by atoms with Crippen LogP contribution in [0.15, 0.2) is 48.5 Å². The largest absolute Gasteiger partial charge is 0.494 e. The summed E-state index contributed by atoms with van der Waals surface area (Å²) < 4.78 is 5.58. The monoisotopic (exact) mass is 402 g/mol. The van der Waals surface area contributed by atoms with E-state index in [4.69, 9.17) is 4.74 Å². The molecule has 2 aromatic rings. The third kappa shape index (κ3) is 5.98. The molecule has 3 rings (SSSR count). The first-order chi connectivity index (χ1) is 13.2. The summed E-state index contributed by atoms with van der Waals surface area (Å²) in [5.41, 5.74) is 3.20. The predicted molar refractivity (Wildman–Crippen MR) is 117 cm³/mol. The molecule has 28 heavy (non-hydrogen) atoms. The molecule has 0 radical (unpaired) electrons. The van der Waals surface area contributed by atoms with Crippen LogP contribution in [0.5, 0.6) is 5.75 Å². The molecule has 1 aliphatic rings. The van der Waals surface area contributed by atoms with Crippen molar-refractivity contribution in [2.75, 3.05) is 26.2 Å². The molecule has 1 unspecified atom stereocenters. The summed E-state index contributed by atoms with van der Waals surface area (Å²) in [5.74, 6) is 0.774. The normalized spacial score (nSPS) is 14.9. The summed E-state index contributed by atoms with van der Waals surface area (Å²) in [6, 6.07) is 16.3. The van der Waals surface area contributed by atoms with Gasteiger partial charge in [0.25, 0.3) is 5.91 Å². The summed E-state index contributed by atoms with van der Waals surface area (Å²) in [7, 11) is 0. The van der Waals surface area contributed by atoms with Crippen molar-refractivity contribution in [2.24, 2.45) is 0 Å². The summed E-state index contributed by atoms with van der Waals surface area (Å²) in [5, 5.41) is 3.13. The van der Waals surface area contributed by atoms with E-state index in [9.17, 15) is 4.79 Å². The van der Waals surface area contributed by atoms with Crippen molar-refractivity contribution in [3.63, 3.8) is 0 Å². The van der Waals surface area contributed by atoms with Gasteiger partial charge in [0.05, 0.1) is 12.6 Å². The van der Waals surface area contributed by atoms with Crippen LogP contribution in [0.25, 0.3) is 0 Å². The Labute approximate surface area is 174 Å². The molecule has 1 atom stereocenters. The number of benzene rings is 2. The van der Waals surface area contributed by atoms with E-state index in [-0.39, 0.29) is 24.4 Å². The Kier molecular flexibility index (Phi) is 8.81. The molecule has 1 heterocycles. The maximum absolute atomic E-state index is 12.6. The lowest BCUT2D eigenvalue weighted by Gasteiger charge is -2.28. The molecule has 0 saturated carbocycles. The Bertz CT molecular complexity index is 725. The van der Waals surface area contributed by atoms with Crippen LogP contribution >= 0.6 is 12.4 Å². The maximum Gasteiger partial charge on any atom is 0.251 e. The van der Waals surface area contributed by atoms with Gasteiger partial charge in [0, 0.05) is 12.1 Å². The van der Waals surface area contributed by atoms with Crippen molar-refractivity contribution in [1.82, 2.24) is 10.2 Å². The molecule has 4 nitrogen and oxygen atoms in total. The second-order valence-electron chi connectivity index (χ2n) is 7.25. The number of nitrogens with zero attached hydrogens (tertiary/aromatic N) is 1. The summed E-state index contributed by atoms with van der Waals surface area (Å²) in [6.07, 6.45) is 3.43. The second-order valence-corrected chi connectivity index (χ2v) is 7.25. The molecule has 0 aromatic heterocycles. The Morgan fingerprint density at radius 1 is 1.07 bits per heavy atom. The Morgan fingerprint density at radius 3 is 2.32 bits per heavy atom. The summed E-state index contributed by atoms with van der Waals surface area (Å²) in [4.78, 5) is 15.1. The molecular formula is C23H31ClN2O2. The average molecular weight is 403 g/mol. The van der Waals surface area contributed by atoms with Crippen LogP contribution in [-0.2, 0) is 0 Å². The first-order valence-corrected chi connectivity index (χ1v) is 9.99. The van der Waals surface area contributed by atoms with E-state index in [2.05, 4.69) is 48.3 Å². The number of ether oxygens (including phenoxy) is 1. The zero-order valence-electron chi connectivity index (χ0n) is 16.8. The van der Waals surface area contributed by atoms with Gasteiger partial charge in [-0.2, -0.15) is 0 Å². The van der Waals surface area contributed by atoms with E-state index in [1.165, 1.54) is 24.0 Å². The van der Waals surface area contributed by atoms with Crippen molar-refractivity contribution in [3.8, 4) is 5.75 Å². The molecule has 1 fully saturated rings. The van der Waals surface area contributed by atoms with Crippen molar-refractivity contribution in [2.45, 2.75) is 39.2 Å². The highest BCUT2D eigenvalue weighted by Crippen LogP contribution is 2.25. The van der Waals surface area contributed by atoms with E-state index >= 15 is 0 Å².